The van der Waals surface area contributed by atoms with E-state index >= 15 is 0 Å². The van der Waals surface area contributed by atoms with Crippen LogP contribution in [0.25, 0.3) is 0 Å². The van der Waals surface area contributed by atoms with Gasteiger partial charge >= 0.3 is 0 Å². The molecule has 0 aromatic heterocycles. The van der Waals surface area contributed by atoms with Gasteiger partial charge in [-0.05, 0) is 30.5 Å². The number of halogens is 1. The van der Waals surface area contributed by atoms with E-state index in [2.05, 4.69) is 5.32 Å². The number of nitrogens with one attached hydrogen (secondary N) is 1. The standard InChI is InChI=1S/C12H15ClN2O2/c1-6-3-9(13)11(17-2)10-8(6)4-7(5-14)12(16)15-10/h3,7H,4-5,14H2,1-2H3,(H,15,16). The Balaban J connectivity index is 2.56. The number of aryl methyl sites for hydroxylation is 1. The van der Waals surface area contributed by atoms with Gasteiger partial charge in [0.05, 0.1) is 23.7 Å². The molecule has 1 aliphatic heterocycles. The molecule has 4 nitrogen and oxygen atoms in total. The molecule has 0 saturated heterocycles. The van der Waals surface area contributed by atoms with Crippen molar-refractivity contribution in [3.8, 4) is 5.75 Å². The molecule has 0 aliphatic carbocycles. The van der Waals surface area contributed by atoms with Gasteiger partial charge in [0.25, 0.3) is 0 Å². The van der Waals surface area contributed by atoms with Crippen LogP contribution in [0.1, 0.15) is 11.1 Å². The molecule has 5 heteroatoms. The molecule has 17 heavy (non-hydrogen) atoms. The first kappa shape index (κ1) is 12.2. The number of ether oxygens (including phenoxy) is 1. The summed E-state index contributed by atoms with van der Waals surface area (Å²) in [6.07, 6.45) is 0.636. The molecule has 1 aliphatic rings. The van der Waals surface area contributed by atoms with Crippen LogP contribution in [0.2, 0.25) is 5.02 Å². The Morgan fingerprint density at radius 1 is 1.65 bits per heavy atom. The second kappa shape index (κ2) is 4.55. The Morgan fingerprint density at radius 3 is 2.94 bits per heavy atom. The number of carbonyl (C=O) groups is 1. The third-order valence-electron chi connectivity index (χ3n) is 3.12. The number of hydrogen-bond donors (Lipinski definition) is 2. The first-order valence-electron chi connectivity index (χ1n) is 5.45. The number of nitrogens with two attached hydrogens (primary N) is 1. The third kappa shape index (κ3) is 1.98. The van der Waals surface area contributed by atoms with E-state index in [1.807, 2.05) is 13.0 Å². The van der Waals surface area contributed by atoms with Crippen molar-refractivity contribution in [3.63, 3.8) is 0 Å². The van der Waals surface area contributed by atoms with Crippen molar-refractivity contribution in [1.29, 1.82) is 0 Å². The van der Waals surface area contributed by atoms with Gasteiger partial charge in [-0.25, -0.2) is 0 Å². The Morgan fingerprint density at radius 2 is 2.35 bits per heavy atom. The molecule has 1 atom stereocenters. The van der Waals surface area contributed by atoms with Crippen molar-refractivity contribution < 1.29 is 9.53 Å². The molecule has 1 aromatic rings. The number of carbonyl (C=O) groups excluding carboxylic acids is 1. The second-order valence-corrected chi connectivity index (χ2v) is 4.60. The van der Waals surface area contributed by atoms with Gasteiger partial charge in [-0.15, -0.1) is 0 Å². The molecule has 0 fully saturated rings. The van der Waals surface area contributed by atoms with Crippen LogP contribution in [0, 0.1) is 12.8 Å². The monoisotopic (exact) mass is 254 g/mol. The lowest BCUT2D eigenvalue weighted by Gasteiger charge is -2.27. The summed E-state index contributed by atoms with van der Waals surface area (Å²) in [6.45, 7) is 2.31. The predicted molar refractivity (Wildman–Crippen MR) is 67.6 cm³/mol. The summed E-state index contributed by atoms with van der Waals surface area (Å²) < 4.78 is 5.24. The number of amides is 1. The molecular formula is C12H15ClN2O2. The lowest BCUT2D eigenvalue weighted by atomic mass is 9.90. The average molecular weight is 255 g/mol. The lowest BCUT2D eigenvalue weighted by molar-refractivity contribution is -0.119. The van der Waals surface area contributed by atoms with Crippen LogP contribution in [0.3, 0.4) is 0 Å². The van der Waals surface area contributed by atoms with Gasteiger partial charge in [0, 0.05) is 6.54 Å². The second-order valence-electron chi connectivity index (χ2n) is 4.19. The maximum Gasteiger partial charge on any atom is 0.229 e. The molecule has 1 unspecified atom stereocenters. The van der Waals surface area contributed by atoms with Gasteiger partial charge in [-0.3, -0.25) is 4.79 Å². The third-order valence-corrected chi connectivity index (χ3v) is 3.40. The SMILES string of the molecule is COc1c(Cl)cc(C)c2c1NC(=O)C(CN)C2. The van der Waals surface area contributed by atoms with Crippen LogP contribution in [-0.4, -0.2) is 19.6 Å². The summed E-state index contributed by atoms with van der Waals surface area (Å²) in [4.78, 5) is 11.8. The zero-order valence-corrected chi connectivity index (χ0v) is 10.6. The average Bonchev–Trinajstić information content (AvgIpc) is 2.29. The summed E-state index contributed by atoms with van der Waals surface area (Å²) in [5, 5.41) is 3.34. The van der Waals surface area contributed by atoms with Crippen LogP contribution >= 0.6 is 11.6 Å². The van der Waals surface area contributed by atoms with Crippen LogP contribution in [0.5, 0.6) is 5.75 Å². The van der Waals surface area contributed by atoms with Gasteiger partial charge in [-0.1, -0.05) is 11.6 Å². The Bertz CT molecular complexity index is 474. The normalized spacial score (nSPS) is 18.6. The highest BCUT2D eigenvalue weighted by Crippen LogP contribution is 2.41. The molecule has 0 radical (unpaired) electrons. The Hall–Kier alpha value is -1.26. The number of rotatable bonds is 2. The highest BCUT2D eigenvalue weighted by molar-refractivity contribution is 6.33. The van der Waals surface area contributed by atoms with Crippen LogP contribution in [0.15, 0.2) is 6.07 Å². The molecular weight excluding hydrogens is 240 g/mol. The largest absolute Gasteiger partial charge is 0.493 e. The minimum atomic E-state index is -0.174. The predicted octanol–water partition coefficient (Wildman–Crippen LogP) is 1.73. The van der Waals surface area contributed by atoms with Crippen molar-refractivity contribution in [1.82, 2.24) is 0 Å². The van der Waals surface area contributed by atoms with Crippen molar-refractivity contribution in [3.05, 3.63) is 22.2 Å². The minimum Gasteiger partial charge on any atom is -0.493 e. The highest BCUT2D eigenvalue weighted by Gasteiger charge is 2.29. The van der Waals surface area contributed by atoms with E-state index in [1.54, 1.807) is 0 Å². The van der Waals surface area contributed by atoms with Crippen LogP contribution in [-0.2, 0) is 11.2 Å². The van der Waals surface area contributed by atoms with E-state index < -0.39 is 0 Å². The number of benzene rings is 1. The van der Waals surface area contributed by atoms with Gasteiger partial charge in [-0.2, -0.15) is 0 Å². The minimum absolute atomic E-state index is 0.0695. The van der Waals surface area contributed by atoms with E-state index in [1.165, 1.54) is 7.11 Å². The Kier molecular flexibility index (Phi) is 3.26. The summed E-state index contributed by atoms with van der Waals surface area (Å²) >= 11 is 6.08. The van der Waals surface area contributed by atoms with Crippen molar-refractivity contribution in [2.45, 2.75) is 13.3 Å². The van der Waals surface area contributed by atoms with E-state index in [-0.39, 0.29) is 11.8 Å². The maximum absolute atomic E-state index is 11.8. The molecule has 0 saturated carbocycles. The van der Waals surface area contributed by atoms with Crippen molar-refractivity contribution in [2.75, 3.05) is 19.0 Å². The first-order valence-corrected chi connectivity index (χ1v) is 5.83. The van der Waals surface area contributed by atoms with Crippen molar-refractivity contribution in [2.24, 2.45) is 11.7 Å². The molecule has 1 heterocycles. The summed E-state index contributed by atoms with van der Waals surface area (Å²) in [7, 11) is 1.54. The summed E-state index contributed by atoms with van der Waals surface area (Å²) in [6, 6.07) is 1.85. The first-order chi connectivity index (χ1) is 8.08. The lowest BCUT2D eigenvalue weighted by Crippen LogP contribution is -2.35. The molecule has 1 amide bonds. The summed E-state index contributed by atoms with van der Waals surface area (Å²) in [5.74, 6) is 0.281. The number of hydrogen-bond acceptors (Lipinski definition) is 3. The maximum atomic E-state index is 11.8. The number of fused-ring (bicyclic) bond motifs is 1. The molecule has 3 N–H and O–H groups in total. The molecule has 1 aromatic carbocycles. The molecule has 0 spiro atoms. The smallest absolute Gasteiger partial charge is 0.229 e. The van der Waals surface area contributed by atoms with E-state index in [4.69, 9.17) is 22.1 Å². The quantitative estimate of drug-likeness (QED) is 0.845. The van der Waals surface area contributed by atoms with E-state index in [0.29, 0.717) is 29.4 Å². The van der Waals surface area contributed by atoms with Gasteiger partial charge < -0.3 is 15.8 Å². The van der Waals surface area contributed by atoms with Gasteiger partial charge in [0.2, 0.25) is 5.91 Å². The van der Waals surface area contributed by atoms with E-state index in [0.717, 1.165) is 11.1 Å². The van der Waals surface area contributed by atoms with Gasteiger partial charge in [0.15, 0.2) is 5.75 Å². The van der Waals surface area contributed by atoms with Crippen molar-refractivity contribution >= 4 is 23.2 Å². The zero-order valence-electron chi connectivity index (χ0n) is 9.84. The molecule has 0 bridgehead atoms. The van der Waals surface area contributed by atoms with Gasteiger partial charge in [0.1, 0.15) is 0 Å². The Labute approximate surface area is 105 Å². The molecule has 92 valence electrons. The zero-order chi connectivity index (χ0) is 12.6. The highest BCUT2D eigenvalue weighted by atomic mass is 35.5. The van der Waals surface area contributed by atoms with Crippen LogP contribution < -0.4 is 15.8 Å². The molecule has 2 rings (SSSR count). The van der Waals surface area contributed by atoms with E-state index in [9.17, 15) is 4.79 Å². The van der Waals surface area contributed by atoms with Crippen LogP contribution in [0.4, 0.5) is 5.69 Å². The summed E-state index contributed by atoms with van der Waals surface area (Å²) in [5.41, 5.74) is 8.37. The number of anilines is 1. The fraction of sp³-hybridized carbons (Fsp3) is 0.417. The fourth-order valence-corrected chi connectivity index (χ4v) is 2.48. The number of methoxy groups -OCH3 is 1. The topological polar surface area (TPSA) is 64.3 Å². The fourth-order valence-electron chi connectivity index (χ4n) is 2.15.